The summed E-state index contributed by atoms with van der Waals surface area (Å²) in [5.41, 5.74) is 7.28. The summed E-state index contributed by atoms with van der Waals surface area (Å²) in [5, 5.41) is 0. The summed E-state index contributed by atoms with van der Waals surface area (Å²) < 4.78 is 5.41. The molecule has 0 aromatic heterocycles. The summed E-state index contributed by atoms with van der Waals surface area (Å²) in [5.74, 6) is 2.32. The number of benzene rings is 1. The van der Waals surface area contributed by atoms with E-state index in [1.807, 2.05) is 6.92 Å². The Morgan fingerprint density at radius 3 is 2.53 bits per heavy atom. The first-order valence-corrected chi connectivity index (χ1v) is 5.70. The second-order valence-electron chi connectivity index (χ2n) is 4.37. The topological polar surface area (TPSA) is 35.2 Å². The number of hydrogen-bond donors (Lipinski definition) is 1. The number of nitrogens with two attached hydrogens (primary N) is 1. The van der Waals surface area contributed by atoms with Crippen LogP contribution in [0.5, 0.6) is 5.75 Å². The van der Waals surface area contributed by atoms with Gasteiger partial charge in [-0.2, -0.15) is 0 Å². The van der Waals surface area contributed by atoms with Gasteiger partial charge in [0.1, 0.15) is 5.75 Å². The minimum atomic E-state index is 0.321. The molecule has 1 aromatic rings. The first-order chi connectivity index (χ1) is 7.22. The average molecular weight is 205 g/mol. The summed E-state index contributed by atoms with van der Waals surface area (Å²) in [6.45, 7) is 4.82. The van der Waals surface area contributed by atoms with Crippen molar-refractivity contribution in [2.24, 2.45) is 11.7 Å². The highest BCUT2D eigenvalue weighted by Crippen LogP contribution is 2.49. The van der Waals surface area contributed by atoms with Crippen LogP contribution in [0.2, 0.25) is 0 Å². The molecule has 0 radical (unpaired) electrons. The van der Waals surface area contributed by atoms with Crippen molar-refractivity contribution in [2.75, 3.05) is 6.61 Å². The first-order valence-electron chi connectivity index (χ1n) is 5.70. The molecule has 82 valence electrons. The molecular formula is C13H19NO. The Labute approximate surface area is 91.4 Å². The lowest BCUT2D eigenvalue weighted by Gasteiger charge is -2.06. The van der Waals surface area contributed by atoms with Crippen molar-refractivity contribution >= 4 is 0 Å². The van der Waals surface area contributed by atoms with Crippen molar-refractivity contribution in [1.82, 2.24) is 0 Å². The Morgan fingerprint density at radius 2 is 2.07 bits per heavy atom. The molecule has 2 rings (SSSR count). The van der Waals surface area contributed by atoms with Crippen molar-refractivity contribution in [2.45, 2.75) is 32.2 Å². The van der Waals surface area contributed by atoms with Crippen LogP contribution in [0.1, 0.15) is 31.7 Å². The Bertz CT molecular complexity index is 318. The van der Waals surface area contributed by atoms with Crippen LogP contribution in [0.4, 0.5) is 0 Å². The normalized spacial score (nSPS) is 26.1. The van der Waals surface area contributed by atoms with E-state index in [1.54, 1.807) is 0 Å². The van der Waals surface area contributed by atoms with Gasteiger partial charge in [0.25, 0.3) is 0 Å². The largest absolute Gasteiger partial charge is 0.494 e. The van der Waals surface area contributed by atoms with Crippen molar-refractivity contribution in [3.05, 3.63) is 29.8 Å². The van der Waals surface area contributed by atoms with E-state index in [-0.39, 0.29) is 0 Å². The lowest BCUT2D eigenvalue weighted by molar-refractivity contribution is 0.340. The van der Waals surface area contributed by atoms with E-state index in [0.717, 1.165) is 12.4 Å². The summed E-state index contributed by atoms with van der Waals surface area (Å²) in [4.78, 5) is 0. The zero-order valence-corrected chi connectivity index (χ0v) is 9.44. The van der Waals surface area contributed by atoms with Crippen LogP contribution >= 0.6 is 0 Å². The Balaban J connectivity index is 2.00. The molecule has 1 aliphatic carbocycles. The molecule has 15 heavy (non-hydrogen) atoms. The molecule has 0 aliphatic heterocycles. The minimum absolute atomic E-state index is 0.321. The average Bonchev–Trinajstić information content (AvgIpc) is 2.99. The summed E-state index contributed by atoms with van der Waals surface area (Å²) >= 11 is 0. The Morgan fingerprint density at radius 1 is 1.40 bits per heavy atom. The molecule has 0 unspecified atom stereocenters. The van der Waals surface area contributed by atoms with Gasteiger partial charge in [-0.25, -0.2) is 0 Å². The van der Waals surface area contributed by atoms with Gasteiger partial charge in [0.15, 0.2) is 0 Å². The maximum atomic E-state index is 5.88. The number of ether oxygens (including phenoxy) is 1. The van der Waals surface area contributed by atoms with Crippen molar-refractivity contribution in [3.8, 4) is 5.75 Å². The minimum Gasteiger partial charge on any atom is -0.494 e. The first kappa shape index (κ1) is 10.5. The van der Waals surface area contributed by atoms with Gasteiger partial charge >= 0.3 is 0 Å². The predicted molar refractivity (Wildman–Crippen MR) is 62.1 cm³/mol. The molecule has 1 aliphatic rings. The molecule has 2 heteroatoms. The zero-order valence-electron chi connectivity index (χ0n) is 9.44. The summed E-state index contributed by atoms with van der Waals surface area (Å²) in [7, 11) is 0. The third-order valence-corrected chi connectivity index (χ3v) is 3.13. The molecule has 2 nitrogen and oxygen atoms in total. The van der Waals surface area contributed by atoms with E-state index >= 15 is 0 Å². The second-order valence-corrected chi connectivity index (χ2v) is 4.37. The van der Waals surface area contributed by atoms with Gasteiger partial charge in [0, 0.05) is 6.04 Å². The van der Waals surface area contributed by atoms with Gasteiger partial charge in [0.2, 0.25) is 0 Å². The van der Waals surface area contributed by atoms with Crippen LogP contribution in [0, 0.1) is 5.92 Å². The fraction of sp³-hybridized carbons (Fsp3) is 0.538. The van der Waals surface area contributed by atoms with Crippen LogP contribution < -0.4 is 10.5 Å². The second kappa shape index (κ2) is 4.23. The molecular weight excluding hydrogens is 186 g/mol. The highest BCUT2D eigenvalue weighted by Gasteiger charge is 2.40. The maximum Gasteiger partial charge on any atom is 0.119 e. The quantitative estimate of drug-likeness (QED) is 0.819. The van der Waals surface area contributed by atoms with Crippen LogP contribution in [0.3, 0.4) is 0 Å². The van der Waals surface area contributed by atoms with Crippen LogP contribution in [0.15, 0.2) is 24.3 Å². The predicted octanol–water partition coefficient (Wildman–Crippen LogP) is 2.54. The smallest absolute Gasteiger partial charge is 0.119 e. The molecule has 3 atom stereocenters. The summed E-state index contributed by atoms with van der Waals surface area (Å²) in [6.07, 6.45) is 1.24. The molecule has 1 fully saturated rings. The van der Waals surface area contributed by atoms with E-state index in [1.165, 1.54) is 12.0 Å². The Kier molecular flexibility index (Phi) is 2.96. The third-order valence-electron chi connectivity index (χ3n) is 3.13. The van der Waals surface area contributed by atoms with E-state index in [9.17, 15) is 0 Å². The highest BCUT2D eigenvalue weighted by molar-refractivity contribution is 5.33. The van der Waals surface area contributed by atoms with E-state index in [0.29, 0.717) is 17.9 Å². The monoisotopic (exact) mass is 205 g/mol. The SMILES string of the molecule is CCOc1ccc([C@H]2C[C@H]2[C@@H](C)N)cc1. The molecule has 1 aromatic carbocycles. The van der Waals surface area contributed by atoms with Gasteiger partial charge in [-0.1, -0.05) is 12.1 Å². The van der Waals surface area contributed by atoms with Gasteiger partial charge in [-0.05, 0) is 49.8 Å². The van der Waals surface area contributed by atoms with Gasteiger partial charge < -0.3 is 10.5 Å². The van der Waals surface area contributed by atoms with Gasteiger partial charge in [-0.15, -0.1) is 0 Å². The number of rotatable bonds is 4. The maximum absolute atomic E-state index is 5.88. The lowest BCUT2D eigenvalue weighted by Crippen LogP contribution is -2.17. The lowest BCUT2D eigenvalue weighted by atomic mass is 10.1. The molecule has 0 heterocycles. The van der Waals surface area contributed by atoms with Crippen LogP contribution in [-0.4, -0.2) is 12.6 Å². The zero-order chi connectivity index (χ0) is 10.8. The van der Waals surface area contributed by atoms with Crippen LogP contribution in [-0.2, 0) is 0 Å². The summed E-state index contributed by atoms with van der Waals surface area (Å²) in [6, 6.07) is 8.75. The van der Waals surface area contributed by atoms with Gasteiger partial charge in [0.05, 0.1) is 6.61 Å². The standard InChI is InChI=1S/C13H19NO/c1-3-15-11-6-4-10(5-7-11)13-8-12(13)9(2)14/h4-7,9,12-13H,3,8,14H2,1-2H3/t9-,12+,13-/m1/s1. The molecule has 2 N–H and O–H groups in total. The fourth-order valence-electron chi connectivity index (χ4n) is 2.16. The van der Waals surface area contributed by atoms with E-state index in [4.69, 9.17) is 10.5 Å². The van der Waals surface area contributed by atoms with E-state index in [2.05, 4.69) is 31.2 Å². The van der Waals surface area contributed by atoms with Crippen molar-refractivity contribution < 1.29 is 4.74 Å². The molecule has 1 saturated carbocycles. The van der Waals surface area contributed by atoms with Crippen molar-refractivity contribution in [3.63, 3.8) is 0 Å². The number of hydrogen-bond acceptors (Lipinski definition) is 2. The molecule has 0 spiro atoms. The Hall–Kier alpha value is -1.02. The molecule has 0 amide bonds. The molecule has 0 bridgehead atoms. The highest BCUT2D eigenvalue weighted by atomic mass is 16.5. The molecule has 0 saturated heterocycles. The van der Waals surface area contributed by atoms with Gasteiger partial charge in [-0.3, -0.25) is 0 Å². The fourth-order valence-corrected chi connectivity index (χ4v) is 2.16. The van der Waals surface area contributed by atoms with Crippen molar-refractivity contribution in [1.29, 1.82) is 0 Å². The van der Waals surface area contributed by atoms with Crippen LogP contribution in [0.25, 0.3) is 0 Å². The van der Waals surface area contributed by atoms with E-state index < -0.39 is 0 Å². The third kappa shape index (κ3) is 2.32.